The monoisotopic (exact) mass is 294 g/mol. The fourth-order valence-electron chi connectivity index (χ4n) is 3.04. The molecule has 4 rings (SSSR count). The molecule has 0 amide bonds. The van der Waals surface area contributed by atoms with Gasteiger partial charge in [0.2, 0.25) is 0 Å². The van der Waals surface area contributed by atoms with E-state index in [0.717, 1.165) is 48.6 Å². The van der Waals surface area contributed by atoms with E-state index >= 15 is 0 Å². The lowest BCUT2D eigenvalue weighted by atomic mass is 9.95. The van der Waals surface area contributed by atoms with Crippen LogP contribution in [0.1, 0.15) is 30.1 Å². The number of aromatic nitrogens is 4. The van der Waals surface area contributed by atoms with Crippen molar-refractivity contribution >= 4 is 10.9 Å². The van der Waals surface area contributed by atoms with Gasteiger partial charge in [0.15, 0.2) is 0 Å². The molecule has 4 heterocycles. The SMILES string of the molecule is Cc1ccc(-n2nc(C3CCOCC3)c3ccncc32)cn1. The standard InChI is InChI=1S/C17H18N4O/c1-12-2-3-14(10-19-12)21-16-11-18-7-4-15(16)17(20-21)13-5-8-22-9-6-13/h2-4,7,10-11,13H,5-6,8-9H2,1H3. The Balaban J connectivity index is 1.86. The van der Waals surface area contributed by atoms with Gasteiger partial charge >= 0.3 is 0 Å². The van der Waals surface area contributed by atoms with Crippen LogP contribution in [0.4, 0.5) is 0 Å². The molecule has 0 aliphatic carbocycles. The van der Waals surface area contributed by atoms with Crippen molar-refractivity contribution in [2.45, 2.75) is 25.7 Å². The molecule has 0 spiro atoms. The largest absolute Gasteiger partial charge is 0.381 e. The normalized spacial score (nSPS) is 16.2. The van der Waals surface area contributed by atoms with Crippen LogP contribution in [0.25, 0.3) is 16.6 Å². The number of fused-ring (bicyclic) bond motifs is 1. The first-order valence-electron chi connectivity index (χ1n) is 7.66. The average molecular weight is 294 g/mol. The van der Waals surface area contributed by atoms with E-state index in [9.17, 15) is 0 Å². The summed E-state index contributed by atoms with van der Waals surface area (Å²) in [4.78, 5) is 8.65. The highest BCUT2D eigenvalue weighted by molar-refractivity contribution is 5.83. The van der Waals surface area contributed by atoms with Crippen molar-refractivity contribution in [3.05, 3.63) is 48.2 Å². The van der Waals surface area contributed by atoms with Gasteiger partial charge in [0.1, 0.15) is 0 Å². The number of nitrogens with zero attached hydrogens (tertiary/aromatic N) is 4. The van der Waals surface area contributed by atoms with Crippen LogP contribution >= 0.6 is 0 Å². The third-order valence-electron chi connectivity index (χ3n) is 4.26. The minimum absolute atomic E-state index is 0.457. The van der Waals surface area contributed by atoms with Crippen LogP contribution in [0.15, 0.2) is 36.8 Å². The van der Waals surface area contributed by atoms with E-state index in [1.54, 1.807) is 0 Å². The van der Waals surface area contributed by atoms with Crippen molar-refractivity contribution in [1.29, 1.82) is 0 Å². The maximum Gasteiger partial charge on any atom is 0.0927 e. The maximum absolute atomic E-state index is 5.48. The first-order valence-corrected chi connectivity index (χ1v) is 7.66. The average Bonchev–Trinajstić information content (AvgIpc) is 2.96. The summed E-state index contributed by atoms with van der Waals surface area (Å²) in [7, 11) is 0. The third kappa shape index (κ3) is 2.27. The van der Waals surface area contributed by atoms with Crippen molar-refractivity contribution in [3.8, 4) is 5.69 Å². The fourth-order valence-corrected chi connectivity index (χ4v) is 3.04. The number of hydrogen-bond donors (Lipinski definition) is 0. The molecule has 1 saturated heterocycles. The molecule has 0 saturated carbocycles. The number of ether oxygens (including phenoxy) is 1. The molecular formula is C17H18N4O. The molecule has 1 aliphatic rings. The second-order valence-corrected chi connectivity index (χ2v) is 5.73. The van der Waals surface area contributed by atoms with Crippen LogP contribution < -0.4 is 0 Å². The van der Waals surface area contributed by atoms with E-state index in [2.05, 4.69) is 22.1 Å². The Morgan fingerprint density at radius 3 is 2.77 bits per heavy atom. The third-order valence-corrected chi connectivity index (χ3v) is 4.26. The van der Waals surface area contributed by atoms with Gasteiger partial charge in [-0.1, -0.05) is 0 Å². The molecular weight excluding hydrogens is 276 g/mol. The lowest BCUT2D eigenvalue weighted by molar-refractivity contribution is 0.0847. The van der Waals surface area contributed by atoms with Crippen LogP contribution in [0.2, 0.25) is 0 Å². The smallest absolute Gasteiger partial charge is 0.0927 e. The number of aryl methyl sites for hydroxylation is 1. The van der Waals surface area contributed by atoms with Crippen LogP contribution in [-0.4, -0.2) is 33.0 Å². The molecule has 22 heavy (non-hydrogen) atoms. The van der Waals surface area contributed by atoms with Crippen molar-refractivity contribution in [2.75, 3.05) is 13.2 Å². The zero-order chi connectivity index (χ0) is 14.9. The van der Waals surface area contributed by atoms with E-state index in [1.807, 2.05) is 36.3 Å². The molecule has 0 radical (unpaired) electrons. The first-order chi connectivity index (χ1) is 10.8. The zero-order valence-corrected chi connectivity index (χ0v) is 12.6. The van der Waals surface area contributed by atoms with E-state index < -0.39 is 0 Å². The summed E-state index contributed by atoms with van der Waals surface area (Å²) >= 11 is 0. The number of rotatable bonds is 2. The number of hydrogen-bond acceptors (Lipinski definition) is 4. The van der Waals surface area contributed by atoms with Crippen LogP contribution in [-0.2, 0) is 4.74 Å². The molecule has 0 unspecified atom stereocenters. The van der Waals surface area contributed by atoms with Gasteiger partial charge in [-0.2, -0.15) is 5.10 Å². The van der Waals surface area contributed by atoms with Crippen molar-refractivity contribution < 1.29 is 4.74 Å². The summed E-state index contributed by atoms with van der Waals surface area (Å²) in [6.07, 6.45) is 7.64. The number of pyridine rings is 2. The predicted molar refractivity (Wildman–Crippen MR) is 84.2 cm³/mol. The summed E-state index contributed by atoms with van der Waals surface area (Å²) in [5.41, 5.74) is 4.17. The second kappa shape index (κ2) is 5.50. The summed E-state index contributed by atoms with van der Waals surface area (Å²) in [6.45, 7) is 3.62. The lowest BCUT2D eigenvalue weighted by Crippen LogP contribution is -2.15. The van der Waals surface area contributed by atoms with Gasteiger partial charge in [-0.05, 0) is 38.0 Å². The molecule has 0 atom stereocenters. The van der Waals surface area contributed by atoms with Crippen molar-refractivity contribution in [1.82, 2.24) is 19.7 Å². The Labute approximate surface area is 129 Å². The predicted octanol–water partition coefficient (Wildman–Crippen LogP) is 3.02. The van der Waals surface area contributed by atoms with Gasteiger partial charge in [0, 0.05) is 36.4 Å². The van der Waals surface area contributed by atoms with Gasteiger partial charge in [-0.25, -0.2) is 4.68 Å². The molecule has 3 aromatic rings. The molecule has 0 bridgehead atoms. The van der Waals surface area contributed by atoms with Crippen molar-refractivity contribution in [2.24, 2.45) is 0 Å². The topological polar surface area (TPSA) is 52.8 Å². The first kappa shape index (κ1) is 13.4. The van der Waals surface area contributed by atoms with Crippen LogP contribution in [0, 0.1) is 6.92 Å². The minimum Gasteiger partial charge on any atom is -0.381 e. The van der Waals surface area contributed by atoms with E-state index in [0.29, 0.717) is 5.92 Å². The highest BCUT2D eigenvalue weighted by Gasteiger charge is 2.22. The van der Waals surface area contributed by atoms with Gasteiger partial charge in [-0.3, -0.25) is 9.97 Å². The fraction of sp³-hybridized carbons (Fsp3) is 0.353. The molecule has 0 N–H and O–H groups in total. The molecule has 1 aliphatic heterocycles. The Kier molecular flexibility index (Phi) is 3.35. The molecule has 1 fully saturated rings. The van der Waals surface area contributed by atoms with Gasteiger partial charge in [0.05, 0.1) is 29.3 Å². The molecule has 112 valence electrons. The van der Waals surface area contributed by atoms with Crippen LogP contribution in [0.3, 0.4) is 0 Å². The highest BCUT2D eigenvalue weighted by atomic mass is 16.5. The summed E-state index contributed by atoms with van der Waals surface area (Å²) in [5.74, 6) is 0.457. The Morgan fingerprint density at radius 2 is 2.00 bits per heavy atom. The Morgan fingerprint density at radius 1 is 1.14 bits per heavy atom. The van der Waals surface area contributed by atoms with E-state index in [1.165, 1.54) is 5.39 Å². The second-order valence-electron chi connectivity index (χ2n) is 5.73. The van der Waals surface area contributed by atoms with Crippen LogP contribution in [0.5, 0.6) is 0 Å². The minimum atomic E-state index is 0.457. The van der Waals surface area contributed by atoms with Gasteiger partial charge < -0.3 is 4.74 Å². The van der Waals surface area contributed by atoms with E-state index in [4.69, 9.17) is 9.84 Å². The lowest BCUT2D eigenvalue weighted by Gasteiger charge is -2.20. The Bertz CT molecular complexity index is 788. The summed E-state index contributed by atoms with van der Waals surface area (Å²) in [5, 5.41) is 6.08. The molecule has 5 nitrogen and oxygen atoms in total. The summed E-state index contributed by atoms with van der Waals surface area (Å²) < 4.78 is 7.44. The quantitative estimate of drug-likeness (QED) is 0.729. The Hall–Kier alpha value is -2.27. The zero-order valence-electron chi connectivity index (χ0n) is 12.6. The summed E-state index contributed by atoms with van der Waals surface area (Å²) in [6, 6.07) is 6.12. The molecule has 5 heteroatoms. The molecule has 0 aromatic carbocycles. The van der Waals surface area contributed by atoms with Gasteiger partial charge in [-0.15, -0.1) is 0 Å². The maximum atomic E-state index is 5.48. The van der Waals surface area contributed by atoms with Crippen molar-refractivity contribution in [3.63, 3.8) is 0 Å². The highest BCUT2D eigenvalue weighted by Crippen LogP contribution is 2.32. The van der Waals surface area contributed by atoms with Gasteiger partial charge in [0.25, 0.3) is 0 Å². The van der Waals surface area contributed by atoms with E-state index in [-0.39, 0.29) is 0 Å². The molecule has 3 aromatic heterocycles.